The first-order chi connectivity index (χ1) is 6.79. The van der Waals surface area contributed by atoms with Crippen LogP contribution in [0.25, 0.3) is 6.08 Å². The van der Waals surface area contributed by atoms with E-state index in [1.807, 2.05) is 42.5 Å². The van der Waals surface area contributed by atoms with Crippen LogP contribution in [-0.2, 0) is 0 Å². The summed E-state index contributed by atoms with van der Waals surface area (Å²) in [5, 5.41) is 10.6. The first-order valence-electron chi connectivity index (χ1n) is 4.47. The predicted octanol–water partition coefficient (Wildman–Crippen LogP) is 2.36. The van der Waals surface area contributed by atoms with Gasteiger partial charge in [-0.2, -0.15) is 0 Å². The van der Waals surface area contributed by atoms with Gasteiger partial charge in [0.25, 0.3) is 0 Å². The molecule has 1 amide bonds. The Bertz CT molecular complexity index is 306. The maximum Gasteiger partial charge on any atom is 0.404 e. The second-order valence-electron chi connectivity index (χ2n) is 2.83. The highest BCUT2D eigenvalue weighted by molar-refractivity contribution is 5.64. The fourth-order valence-electron chi connectivity index (χ4n) is 1.05. The summed E-state index contributed by atoms with van der Waals surface area (Å²) in [5.74, 6) is 0. The van der Waals surface area contributed by atoms with E-state index < -0.39 is 6.09 Å². The quantitative estimate of drug-likeness (QED) is 0.718. The standard InChI is InChI=1S/C11H13NO2/c13-11(14)12-9-5-4-8-10-6-2-1-3-7-10/h1-4,6-8,12H,5,9H2,(H,13,14)/b8-4+. The van der Waals surface area contributed by atoms with Gasteiger partial charge in [0.05, 0.1) is 0 Å². The van der Waals surface area contributed by atoms with Crippen molar-refractivity contribution in [3.05, 3.63) is 42.0 Å². The van der Waals surface area contributed by atoms with Crippen molar-refractivity contribution in [1.29, 1.82) is 0 Å². The summed E-state index contributed by atoms with van der Waals surface area (Å²) in [6.07, 6.45) is 3.66. The van der Waals surface area contributed by atoms with Crippen LogP contribution >= 0.6 is 0 Å². The monoisotopic (exact) mass is 191 g/mol. The molecule has 2 N–H and O–H groups in total. The Balaban J connectivity index is 2.25. The molecule has 0 saturated carbocycles. The zero-order valence-corrected chi connectivity index (χ0v) is 7.81. The van der Waals surface area contributed by atoms with Crippen LogP contribution in [-0.4, -0.2) is 17.7 Å². The van der Waals surface area contributed by atoms with Crippen molar-refractivity contribution in [3.8, 4) is 0 Å². The zero-order valence-electron chi connectivity index (χ0n) is 7.81. The van der Waals surface area contributed by atoms with E-state index in [9.17, 15) is 4.79 Å². The molecule has 0 aromatic heterocycles. The van der Waals surface area contributed by atoms with Gasteiger partial charge in [-0.1, -0.05) is 42.5 Å². The van der Waals surface area contributed by atoms with Gasteiger partial charge < -0.3 is 10.4 Å². The molecule has 14 heavy (non-hydrogen) atoms. The van der Waals surface area contributed by atoms with Gasteiger partial charge in [0.2, 0.25) is 0 Å². The van der Waals surface area contributed by atoms with Crippen LogP contribution < -0.4 is 5.32 Å². The number of benzene rings is 1. The molecule has 0 atom stereocenters. The Kier molecular flexibility index (Phi) is 4.27. The maximum atomic E-state index is 10.1. The Morgan fingerprint density at radius 3 is 2.71 bits per heavy atom. The summed E-state index contributed by atoms with van der Waals surface area (Å²) in [4.78, 5) is 10.1. The fourth-order valence-corrected chi connectivity index (χ4v) is 1.05. The van der Waals surface area contributed by atoms with Crippen molar-refractivity contribution in [2.45, 2.75) is 6.42 Å². The predicted molar refractivity (Wildman–Crippen MR) is 56.1 cm³/mol. The van der Waals surface area contributed by atoms with Crippen LogP contribution in [0.2, 0.25) is 0 Å². The second-order valence-corrected chi connectivity index (χ2v) is 2.83. The number of rotatable bonds is 4. The molecule has 0 aliphatic carbocycles. The van der Waals surface area contributed by atoms with Crippen molar-refractivity contribution in [1.82, 2.24) is 5.32 Å². The zero-order chi connectivity index (χ0) is 10.2. The lowest BCUT2D eigenvalue weighted by Gasteiger charge is -1.95. The van der Waals surface area contributed by atoms with Gasteiger partial charge in [-0.3, -0.25) is 0 Å². The van der Waals surface area contributed by atoms with E-state index in [1.54, 1.807) is 0 Å². The highest BCUT2D eigenvalue weighted by Crippen LogP contribution is 2.01. The van der Waals surface area contributed by atoms with Gasteiger partial charge in [0, 0.05) is 6.54 Å². The molecule has 0 bridgehead atoms. The highest BCUT2D eigenvalue weighted by Gasteiger charge is 1.89. The van der Waals surface area contributed by atoms with Crippen LogP contribution in [0.4, 0.5) is 4.79 Å². The smallest absolute Gasteiger partial charge is 0.404 e. The van der Waals surface area contributed by atoms with Crippen LogP contribution in [0.15, 0.2) is 36.4 Å². The largest absolute Gasteiger partial charge is 0.465 e. The summed E-state index contributed by atoms with van der Waals surface area (Å²) in [5.41, 5.74) is 1.13. The van der Waals surface area contributed by atoms with Gasteiger partial charge >= 0.3 is 6.09 Å². The minimum absolute atomic E-state index is 0.457. The highest BCUT2D eigenvalue weighted by atomic mass is 16.4. The summed E-state index contributed by atoms with van der Waals surface area (Å²) in [6, 6.07) is 9.90. The van der Waals surface area contributed by atoms with Crippen LogP contribution in [0.1, 0.15) is 12.0 Å². The van der Waals surface area contributed by atoms with Gasteiger partial charge in [-0.15, -0.1) is 0 Å². The third-order valence-electron chi connectivity index (χ3n) is 1.70. The van der Waals surface area contributed by atoms with Crippen molar-refractivity contribution >= 4 is 12.2 Å². The summed E-state index contributed by atoms with van der Waals surface area (Å²) in [6.45, 7) is 0.457. The Hall–Kier alpha value is -1.77. The number of nitrogens with one attached hydrogen (secondary N) is 1. The van der Waals surface area contributed by atoms with E-state index >= 15 is 0 Å². The lowest BCUT2D eigenvalue weighted by atomic mass is 10.2. The van der Waals surface area contributed by atoms with Crippen LogP contribution in [0.5, 0.6) is 0 Å². The number of carbonyl (C=O) groups is 1. The van der Waals surface area contributed by atoms with Crippen molar-refractivity contribution in [3.63, 3.8) is 0 Å². The van der Waals surface area contributed by atoms with Gasteiger partial charge in [0.15, 0.2) is 0 Å². The molecule has 1 aromatic rings. The molecule has 0 aliphatic rings. The van der Waals surface area contributed by atoms with E-state index in [1.165, 1.54) is 0 Å². The maximum absolute atomic E-state index is 10.1. The minimum Gasteiger partial charge on any atom is -0.465 e. The molecular weight excluding hydrogens is 178 g/mol. The molecule has 0 spiro atoms. The Morgan fingerprint density at radius 2 is 2.07 bits per heavy atom. The Labute approximate surface area is 83.1 Å². The SMILES string of the molecule is O=C(O)NCC/C=C/c1ccccc1. The number of carboxylic acid groups (broad SMARTS) is 1. The van der Waals surface area contributed by atoms with E-state index in [0.717, 1.165) is 5.56 Å². The number of hydrogen-bond donors (Lipinski definition) is 2. The number of amides is 1. The van der Waals surface area contributed by atoms with Gasteiger partial charge in [0.1, 0.15) is 0 Å². The van der Waals surface area contributed by atoms with E-state index in [4.69, 9.17) is 5.11 Å². The molecule has 0 unspecified atom stereocenters. The van der Waals surface area contributed by atoms with Crippen molar-refractivity contribution < 1.29 is 9.90 Å². The van der Waals surface area contributed by atoms with E-state index in [-0.39, 0.29) is 0 Å². The molecule has 3 nitrogen and oxygen atoms in total. The van der Waals surface area contributed by atoms with Crippen LogP contribution in [0.3, 0.4) is 0 Å². The number of hydrogen-bond acceptors (Lipinski definition) is 1. The molecule has 74 valence electrons. The lowest BCUT2D eigenvalue weighted by molar-refractivity contribution is 0.194. The molecule has 0 radical (unpaired) electrons. The molecule has 0 saturated heterocycles. The first-order valence-corrected chi connectivity index (χ1v) is 4.47. The van der Waals surface area contributed by atoms with Crippen LogP contribution in [0, 0.1) is 0 Å². The summed E-state index contributed by atoms with van der Waals surface area (Å²) < 4.78 is 0. The molecule has 0 aliphatic heterocycles. The second kappa shape index (κ2) is 5.80. The first kappa shape index (κ1) is 10.3. The third-order valence-corrected chi connectivity index (χ3v) is 1.70. The lowest BCUT2D eigenvalue weighted by Crippen LogP contribution is -2.21. The topological polar surface area (TPSA) is 49.3 Å². The van der Waals surface area contributed by atoms with E-state index in [0.29, 0.717) is 13.0 Å². The van der Waals surface area contributed by atoms with Gasteiger partial charge in [-0.25, -0.2) is 4.79 Å². The average Bonchev–Trinajstić information content (AvgIpc) is 2.18. The van der Waals surface area contributed by atoms with Crippen molar-refractivity contribution in [2.24, 2.45) is 0 Å². The van der Waals surface area contributed by atoms with E-state index in [2.05, 4.69) is 5.32 Å². The van der Waals surface area contributed by atoms with Crippen molar-refractivity contribution in [2.75, 3.05) is 6.54 Å². The third kappa shape index (κ3) is 4.30. The molecule has 1 rings (SSSR count). The fraction of sp³-hybridized carbons (Fsp3) is 0.182. The molecular formula is C11H13NO2. The molecule has 0 heterocycles. The average molecular weight is 191 g/mol. The normalized spacial score (nSPS) is 10.3. The molecule has 0 fully saturated rings. The minimum atomic E-state index is -0.974. The summed E-state index contributed by atoms with van der Waals surface area (Å²) >= 11 is 0. The Morgan fingerprint density at radius 1 is 1.36 bits per heavy atom. The summed E-state index contributed by atoms with van der Waals surface area (Å²) in [7, 11) is 0. The van der Waals surface area contributed by atoms with Gasteiger partial charge in [-0.05, 0) is 12.0 Å². The molecule has 1 aromatic carbocycles. The molecule has 3 heteroatoms.